The van der Waals surface area contributed by atoms with E-state index in [2.05, 4.69) is 19.9 Å². The highest BCUT2D eigenvalue weighted by atomic mass is 32.2. The Labute approximate surface area is 205 Å². The molecule has 0 unspecified atom stereocenters. The van der Waals surface area contributed by atoms with E-state index in [1.807, 2.05) is 19.1 Å². The molecule has 2 heterocycles. The highest BCUT2D eigenvalue weighted by Crippen LogP contribution is 2.21. The van der Waals surface area contributed by atoms with Crippen LogP contribution in [-0.4, -0.2) is 52.2 Å². The predicted molar refractivity (Wildman–Crippen MR) is 133 cm³/mol. The molecule has 0 saturated carbocycles. The van der Waals surface area contributed by atoms with Gasteiger partial charge in [-0.3, -0.25) is 9.52 Å². The van der Waals surface area contributed by atoms with Crippen LogP contribution in [0.4, 0.5) is 11.5 Å². The Morgan fingerprint density at radius 1 is 1.06 bits per heavy atom. The van der Waals surface area contributed by atoms with E-state index < -0.39 is 10.0 Å². The molecule has 2 N–H and O–H groups in total. The second-order valence-electron chi connectivity index (χ2n) is 7.86. The number of hydrogen-bond donors (Lipinski definition) is 2. The van der Waals surface area contributed by atoms with Gasteiger partial charge >= 0.3 is 0 Å². The van der Waals surface area contributed by atoms with Crippen molar-refractivity contribution in [1.29, 1.82) is 0 Å². The molecule has 0 aliphatic carbocycles. The summed E-state index contributed by atoms with van der Waals surface area (Å²) >= 11 is 0. The van der Waals surface area contributed by atoms with Gasteiger partial charge in [0.2, 0.25) is 0 Å². The molecular formula is C25H28N4O5S. The molecule has 3 aromatic rings. The first kappa shape index (κ1) is 24.5. The van der Waals surface area contributed by atoms with Crippen LogP contribution >= 0.6 is 0 Å². The van der Waals surface area contributed by atoms with Crippen LogP contribution in [-0.2, 0) is 21.3 Å². The molecule has 1 aliphatic heterocycles. The summed E-state index contributed by atoms with van der Waals surface area (Å²) in [5, 5.41) is 2.92. The predicted octanol–water partition coefficient (Wildman–Crippen LogP) is 3.05. The van der Waals surface area contributed by atoms with Gasteiger partial charge < -0.3 is 19.7 Å². The van der Waals surface area contributed by atoms with Gasteiger partial charge in [0.05, 0.1) is 24.7 Å². The standard InChI is InChI=1S/C25H28N4O5S/c1-2-34-22-9-11-23(12-10-22)35(31,32)28-21-7-5-19(6-8-21)25(30)27-18-20-4-3-13-26-24(20)29-14-16-33-17-15-29/h3-13,28H,2,14-18H2,1H3,(H,27,30). The summed E-state index contributed by atoms with van der Waals surface area (Å²) in [7, 11) is -3.77. The van der Waals surface area contributed by atoms with Crippen molar-refractivity contribution < 1.29 is 22.7 Å². The van der Waals surface area contributed by atoms with Crippen LogP contribution in [0.2, 0.25) is 0 Å². The lowest BCUT2D eigenvalue weighted by molar-refractivity contribution is 0.0950. The van der Waals surface area contributed by atoms with E-state index in [1.54, 1.807) is 42.6 Å². The first-order chi connectivity index (χ1) is 17.0. The van der Waals surface area contributed by atoms with Crippen LogP contribution in [0, 0.1) is 0 Å². The largest absolute Gasteiger partial charge is 0.494 e. The van der Waals surface area contributed by atoms with Crippen molar-refractivity contribution in [2.45, 2.75) is 18.4 Å². The zero-order valence-corrected chi connectivity index (χ0v) is 20.3. The van der Waals surface area contributed by atoms with Gasteiger partial charge in [0.1, 0.15) is 11.6 Å². The van der Waals surface area contributed by atoms with Gasteiger partial charge in [0.25, 0.3) is 15.9 Å². The summed E-state index contributed by atoms with van der Waals surface area (Å²) in [5.41, 5.74) is 1.70. The molecule has 1 amide bonds. The van der Waals surface area contributed by atoms with E-state index in [0.717, 1.165) is 24.5 Å². The maximum absolute atomic E-state index is 12.7. The number of benzene rings is 2. The normalized spacial score (nSPS) is 13.8. The highest BCUT2D eigenvalue weighted by Gasteiger charge is 2.17. The SMILES string of the molecule is CCOc1ccc(S(=O)(=O)Nc2ccc(C(=O)NCc3cccnc3N3CCOCC3)cc2)cc1. The topological polar surface area (TPSA) is 110 Å². The maximum atomic E-state index is 12.7. The van der Waals surface area contributed by atoms with Crippen LogP contribution in [0.5, 0.6) is 5.75 Å². The second-order valence-corrected chi connectivity index (χ2v) is 9.54. The number of carbonyl (C=O) groups is 1. The first-order valence-electron chi connectivity index (χ1n) is 11.4. The lowest BCUT2D eigenvalue weighted by Gasteiger charge is -2.29. The molecule has 0 bridgehead atoms. The number of pyridine rings is 1. The van der Waals surface area contributed by atoms with Gasteiger partial charge in [0.15, 0.2) is 0 Å². The van der Waals surface area contributed by atoms with Crippen molar-refractivity contribution in [2.24, 2.45) is 0 Å². The fourth-order valence-corrected chi connectivity index (χ4v) is 4.75. The fourth-order valence-electron chi connectivity index (χ4n) is 3.69. The molecule has 9 nitrogen and oxygen atoms in total. The van der Waals surface area contributed by atoms with Gasteiger partial charge in [-0.25, -0.2) is 13.4 Å². The van der Waals surface area contributed by atoms with Gasteiger partial charge in [-0.05, 0) is 61.5 Å². The number of morpholine rings is 1. The third-order valence-electron chi connectivity index (χ3n) is 5.46. The number of sulfonamides is 1. The quantitative estimate of drug-likeness (QED) is 0.469. The van der Waals surface area contributed by atoms with E-state index in [0.29, 0.717) is 43.4 Å². The number of ether oxygens (including phenoxy) is 2. The minimum absolute atomic E-state index is 0.121. The van der Waals surface area contributed by atoms with Crippen molar-refractivity contribution in [2.75, 3.05) is 42.5 Å². The lowest BCUT2D eigenvalue weighted by Crippen LogP contribution is -2.37. The molecule has 184 valence electrons. The zero-order chi connectivity index (χ0) is 24.7. The van der Waals surface area contributed by atoms with Crippen molar-refractivity contribution in [3.05, 3.63) is 78.0 Å². The van der Waals surface area contributed by atoms with Crippen LogP contribution in [0.15, 0.2) is 71.8 Å². The van der Waals surface area contributed by atoms with Crippen molar-refractivity contribution in [3.63, 3.8) is 0 Å². The zero-order valence-electron chi connectivity index (χ0n) is 19.4. The minimum atomic E-state index is -3.77. The average Bonchev–Trinajstić information content (AvgIpc) is 2.89. The molecule has 1 aromatic heterocycles. The van der Waals surface area contributed by atoms with Gasteiger partial charge in [-0.1, -0.05) is 6.07 Å². The summed E-state index contributed by atoms with van der Waals surface area (Å²) in [5.74, 6) is 1.18. The van der Waals surface area contributed by atoms with Crippen molar-refractivity contribution in [1.82, 2.24) is 10.3 Å². The van der Waals surface area contributed by atoms with E-state index in [-0.39, 0.29) is 10.8 Å². The van der Waals surface area contributed by atoms with E-state index >= 15 is 0 Å². The Balaban J connectivity index is 1.37. The number of nitrogens with one attached hydrogen (secondary N) is 2. The van der Waals surface area contributed by atoms with Crippen molar-refractivity contribution in [3.8, 4) is 5.75 Å². The Bertz CT molecular complexity index is 1240. The number of amides is 1. The van der Waals surface area contributed by atoms with Gasteiger partial charge in [-0.15, -0.1) is 0 Å². The molecule has 10 heteroatoms. The monoisotopic (exact) mass is 496 g/mol. The van der Waals surface area contributed by atoms with Gasteiger partial charge in [-0.2, -0.15) is 0 Å². The Hall–Kier alpha value is -3.63. The molecule has 0 atom stereocenters. The highest BCUT2D eigenvalue weighted by molar-refractivity contribution is 7.92. The molecule has 1 aliphatic rings. The molecule has 1 saturated heterocycles. The smallest absolute Gasteiger partial charge is 0.261 e. The first-order valence-corrected chi connectivity index (χ1v) is 12.8. The third kappa shape index (κ3) is 6.28. The third-order valence-corrected chi connectivity index (χ3v) is 6.86. The Kier molecular flexibility index (Phi) is 7.84. The van der Waals surface area contributed by atoms with E-state index in [9.17, 15) is 13.2 Å². The summed E-state index contributed by atoms with van der Waals surface area (Å²) in [6.45, 7) is 5.50. The molecule has 2 aromatic carbocycles. The average molecular weight is 497 g/mol. The number of aromatic nitrogens is 1. The number of hydrogen-bond acceptors (Lipinski definition) is 7. The van der Waals surface area contributed by atoms with E-state index in [1.165, 1.54) is 12.1 Å². The number of anilines is 2. The number of carbonyl (C=O) groups excluding carboxylic acids is 1. The Morgan fingerprint density at radius 2 is 1.77 bits per heavy atom. The second kappa shape index (κ2) is 11.2. The summed E-state index contributed by atoms with van der Waals surface area (Å²) in [6.07, 6.45) is 1.74. The molecule has 4 rings (SSSR count). The summed E-state index contributed by atoms with van der Waals surface area (Å²) in [4.78, 5) is 19.4. The Morgan fingerprint density at radius 3 is 2.46 bits per heavy atom. The van der Waals surface area contributed by atoms with Crippen LogP contribution in [0.1, 0.15) is 22.8 Å². The molecular weight excluding hydrogens is 468 g/mol. The number of rotatable bonds is 9. The maximum Gasteiger partial charge on any atom is 0.261 e. The fraction of sp³-hybridized carbons (Fsp3) is 0.280. The molecule has 0 radical (unpaired) electrons. The van der Waals surface area contributed by atoms with E-state index in [4.69, 9.17) is 9.47 Å². The summed E-state index contributed by atoms with van der Waals surface area (Å²) < 4.78 is 38.6. The summed E-state index contributed by atoms with van der Waals surface area (Å²) in [6, 6.07) is 16.3. The van der Waals surface area contributed by atoms with Crippen LogP contribution in [0.25, 0.3) is 0 Å². The van der Waals surface area contributed by atoms with Crippen LogP contribution in [0.3, 0.4) is 0 Å². The van der Waals surface area contributed by atoms with Crippen LogP contribution < -0.4 is 19.7 Å². The number of nitrogens with zero attached hydrogens (tertiary/aromatic N) is 2. The minimum Gasteiger partial charge on any atom is -0.494 e. The molecule has 0 spiro atoms. The van der Waals surface area contributed by atoms with Crippen molar-refractivity contribution >= 4 is 27.4 Å². The van der Waals surface area contributed by atoms with Gasteiger partial charge in [0, 0.05) is 42.6 Å². The molecule has 1 fully saturated rings. The molecule has 35 heavy (non-hydrogen) atoms. The lowest BCUT2D eigenvalue weighted by atomic mass is 10.2.